The van der Waals surface area contributed by atoms with Crippen LogP contribution in [0.4, 0.5) is 24.8 Å². The average Bonchev–Trinajstić information content (AvgIpc) is 2.85. The van der Waals surface area contributed by atoms with E-state index in [1.165, 1.54) is 45.6 Å². The Morgan fingerprint density at radius 1 is 0.973 bits per heavy atom. The van der Waals surface area contributed by atoms with Crippen LogP contribution in [0.3, 0.4) is 0 Å². The molecule has 1 N–H and O–H groups in total. The predicted molar refractivity (Wildman–Crippen MR) is 137 cm³/mol. The zero-order valence-corrected chi connectivity index (χ0v) is 22.3. The first-order valence-corrected chi connectivity index (χ1v) is 12.7. The summed E-state index contributed by atoms with van der Waals surface area (Å²) in [4.78, 5) is 21.8. The van der Waals surface area contributed by atoms with Gasteiger partial charge in [0.1, 0.15) is 5.75 Å². The largest absolute Gasteiger partial charge is 0.494 e. The standard InChI is InChI=1S/C14H14ClF3N4O2.C11H22O2/c1-2-6-23-10-5-3-4-9(7-10)19-12-20-11(15)21-13(22-12)24-8-14(16,17)18;1-3-4-5-6-7-8-9-10-11(12)13-2/h3-5,7H,2,6,8H2,1H3,(H,19,20,21,22);3-10H2,1-2H3. The number of nitrogens with zero attached hydrogens (tertiary/aromatic N) is 3. The monoisotopic (exact) mass is 548 g/mol. The quantitative estimate of drug-likeness (QED) is 0.183. The topological polar surface area (TPSA) is 95.5 Å². The summed E-state index contributed by atoms with van der Waals surface area (Å²) in [5.41, 5.74) is 0.577. The Balaban J connectivity index is 0.000000448. The molecular formula is C25H36ClF3N4O4. The molecule has 0 amide bonds. The second kappa shape index (κ2) is 18.4. The zero-order valence-electron chi connectivity index (χ0n) is 21.6. The van der Waals surface area contributed by atoms with E-state index >= 15 is 0 Å². The fourth-order valence-corrected chi connectivity index (χ4v) is 3.09. The fraction of sp³-hybridized carbons (Fsp3) is 0.600. The summed E-state index contributed by atoms with van der Waals surface area (Å²) in [6.45, 7) is 3.25. The number of hydrogen-bond acceptors (Lipinski definition) is 8. The summed E-state index contributed by atoms with van der Waals surface area (Å²) in [7, 11) is 1.45. The van der Waals surface area contributed by atoms with Crippen LogP contribution >= 0.6 is 11.6 Å². The summed E-state index contributed by atoms with van der Waals surface area (Å²) in [6.07, 6.45) is 5.65. The highest BCUT2D eigenvalue weighted by Crippen LogP contribution is 2.22. The predicted octanol–water partition coefficient (Wildman–Crippen LogP) is 7.30. The van der Waals surface area contributed by atoms with Crippen molar-refractivity contribution in [1.82, 2.24) is 15.0 Å². The van der Waals surface area contributed by atoms with Crippen molar-refractivity contribution in [2.75, 3.05) is 25.6 Å². The van der Waals surface area contributed by atoms with Gasteiger partial charge < -0.3 is 19.5 Å². The minimum Gasteiger partial charge on any atom is -0.494 e. The van der Waals surface area contributed by atoms with E-state index in [4.69, 9.17) is 16.3 Å². The first-order valence-electron chi connectivity index (χ1n) is 12.3. The van der Waals surface area contributed by atoms with Crippen molar-refractivity contribution in [3.05, 3.63) is 29.5 Å². The Bertz CT molecular complexity index is 920. The molecule has 0 aliphatic heterocycles. The maximum absolute atomic E-state index is 12.2. The van der Waals surface area contributed by atoms with Gasteiger partial charge in [0.15, 0.2) is 6.61 Å². The number of anilines is 2. The number of esters is 1. The molecule has 0 fully saturated rings. The van der Waals surface area contributed by atoms with Crippen molar-refractivity contribution >= 4 is 29.2 Å². The smallest absolute Gasteiger partial charge is 0.422 e. The van der Waals surface area contributed by atoms with Crippen molar-refractivity contribution in [2.24, 2.45) is 0 Å². The lowest BCUT2D eigenvalue weighted by Crippen LogP contribution is -2.20. The number of alkyl halides is 3. The Hall–Kier alpha value is -2.82. The molecule has 0 bridgehead atoms. The van der Waals surface area contributed by atoms with Gasteiger partial charge in [-0.25, -0.2) is 0 Å². The molecule has 12 heteroatoms. The molecule has 0 unspecified atom stereocenters. The minimum absolute atomic E-state index is 0.0418. The van der Waals surface area contributed by atoms with Crippen LogP contribution in [0.15, 0.2) is 24.3 Å². The van der Waals surface area contributed by atoms with Crippen molar-refractivity contribution in [3.63, 3.8) is 0 Å². The molecule has 0 saturated heterocycles. The molecule has 37 heavy (non-hydrogen) atoms. The number of rotatable bonds is 15. The third kappa shape index (κ3) is 16.5. The Labute approximate surface area is 221 Å². The number of halogens is 4. The third-order valence-electron chi connectivity index (χ3n) is 4.73. The summed E-state index contributed by atoms with van der Waals surface area (Å²) >= 11 is 5.68. The second-order valence-electron chi connectivity index (χ2n) is 8.06. The van der Waals surface area contributed by atoms with Gasteiger partial charge in [-0.15, -0.1) is 0 Å². The lowest BCUT2D eigenvalue weighted by molar-refractivity contribution is -0.154. The molecule has 1 aromatic carbocycles. The molecule has 2 rings (SSSR count). The SMILES string of the molecule is CCCCCCCCCC(=O)OC.CCCOc1cccc(Nc2nc(Cl)nc(OCC(F)(F)F)n2)c1. The van der Waals surface area contributed by atoms with E-state index in [1.807, 2.05) is 6.92 Å². The van der Waals surface area contributed by atoms with Gasteiger partial charge in [0.05, 0.1) is 13.7 Å². The number of unbranched alkanes of at least 4 members (excludes halogenated alkanes) is 6. The van der Waals surface area contributed by atoms with Gasteiger partial charge in [-0.3, -0.25) is 4.79 Å². The summed E-state index contributed by atoms with van der Waals surface area (Å²) in [6, 6.07) is 6.42. The first kappa shape index (κ1) is 32.2. The molecular weight excluding hydrogens is 513 g/mol. The highest BCUT2D eigenvalue weighted by molar-refractivity contribution is 6.28. The normalized spacial score (nSPS) is 10.8. The minimum atomic E-state index is -4.50. The van der Waals surface area contributed by atoms with Crippen LogP contribution in [-0.4, -0.2) is 47.4 Å². The van der Waals surface area contributed by atoms with E-state index in [0.717, 1.165) is 12.8 Å². The van der Waals surface area contributed by atoms with E-state index in [0.29, 0.717) is 24.5 Å². The highest BCUT2D eigenvalue weighted by atomic mass is 35.5. The number of carbonyl (C=O) groups is 1. The molecule has 0 radical (unpaired) electrons. The summed E-state index contributed by atoms with van der Waals surface area (Å²) in [5, 5.41) is 2.52. The second-order valence-corrected chi connectivity index (χ2v) is 8.40. The van der Waals surface area contributed by atoms with Crippen LogP contribution in [0.5, 0.6) is 11.8 Å². The molecule has 0 atom stereocenters. The van der Waals surface area contributed by atoms with Gasteiger partial charge >= 0.3 is 18.2 Å². The van der Waals surface area contributed by atoms with Gasteiger partial charge in [0.25, 0.3) is 0 Å². The summed E-state index contributed by atoms with van der Waals surface area (Å²) in [5.74, 6) is 0.518. The maximum Gasteiger partial charge on any atom is 0.422 e. The molecule has 0 spiro atoms. The van der Waals surface area contributed by atoms with E-state index in [-0.39, 0.29) is 17.2 Å². The molecule has 0 aliphatic rings. The van der Waals surface area contributed by atoms with Crippen molar-refractivity contribution in [2.45, 2.75) is 77.8 Å². The zero-order chi connectivity index (χ0) is 27.5. The molecule has 8 nitrogen and oxygen atoms in total. The lowest BCUT2D eigenvalue weighted by Gasteiger charge is -2.10. The Morgan fingerprint density at radius 2 is 1.68 bits per heavy atom. The van der Waals surface area contributed by atoms with Gasteiger partial charge in [-0.2, -0.15) is 28.1 Å². The van der Waals surface area contributed by atoms with Crippen LogP contribution in [0.25, 0.3) is 0 Å². The van der Waals surface area contributed by atoms with E-state index in [1.54, 1.807) is 24.3 Å². The molecule has 2 aromatic rings. The molecule has 0 aliphatic carbocycles. The Kier molecular flexibility index (Phi) is 16.0. The first-order chi connectivity index (χ1) is 17.7. The van der Waals surface area contributed by atoms with E-state index in [2.05, 4.69) is 36.7 Å². The number of nitrogens with one attached hydrogen (secondary N) is 1. The van der Waals surface area contributed by atoms with Crippen LogP contribution in [0.1, 0.15) is 71.6 Å². The maximum atomic E-state index is 12.2. The number of aromatic nitrogens is 3. The van der Waals surface area contributed by atoms with Crippen molar-refractivity contribution < 1.29 is 32.2 Å². The van der Waals surface area contributed by atoms with Crippen molar-refractivity contribution in [3.8, 4) is 11.8 Å². The summed E-state index contributed by atoms with van der Waals surface area (Å²) < 4.78 is 51.0. The molecule has 1 aromatic heterocycles. The molecule has 0 saturated carbocycles. The Morgan fingerprint density at radius 3 is 2.32 bits per heavy atom. The number of benzene rings is 1. The van der Waals surface area contributed by atoms with Crippen LogP contribution in [-0.2, 0) is 9.53 Å². The number of carbonyl (C=O) groups excluding carboxylic acids is 1. The van der Waals surface area contributed by atoms with Crippen LogP contribution in [0.2, 0.25) is 5.28 Å². The average molecular weight is 549 g/mol. The lowest BCUT2D eigenvalue weighted by atomic mass is 10.1. The van der Waals surface area contributed by atoms with Gasteiger partial charge in [0, 0.05) is 18.2 Å². The third-order valence-corrected chi connectivity index (χ3v) is 4.90. The van der Waals surface area contributed by atoms with Crippen LogP contribution in [0, 0.1) is 0 Å². The van der Waals surface area contributed by atoms with Gasteiger partial charge in [-0.1, -0.05) is 58.4 Å². The number of ether oxygens (including phenoxy) is 3. The fourth-order valence-electron chi connectivity index (χ4n) is 2.94. The molecule has 208 valence electrons. The van der Waals surface area contributed by atoms with Gasteiger partial charge in [-0.05, 0) is 36.6 Å². The van der Waals surface area contributed by atoms with Crippen molar-refractivity contribution in [1.29, 1.82) is 0 Å². The van der Waals surface area contributed by atoms with Gasteiger partial charge in [0.2, 0.25) is 11.2 Å². The highest BCUT2D eigenvalue weighted by Gasteiger charge is 2.29. The number of methoxy groups -OCH3 is 1. The van der Waals surface area contributed by atoms with E-state index < -0.39 is 18.8 Å². The molecule has 1 heterocycles. The van der Waals surface area contributed by atoms with E-state index in [9.17, 15) is 18.0 Å². The number of hydrogen-bond donors (Lipinski definition) is 1. The van der Waals surface area contributed by atoms with Crippen LogP contribution < -0.4 is 14.8 Å².